The zero-order valence-corrected chi connectivity index (χ0v) is 9.35. The molecular formula is C11H7NO4S. The van der Waals surface area contributed by atoms with Gasteiger partial charge >= 0.3 is 5.97 Å². The number of nitro groups is 1. The third-order valence-corrected chi connectivity index (χ3v) is 2.75. The Bertz CT molecular complexity index is 550. The number of carbonyl (C=O) groups excluding carboxylic acids is 1. The van der Waals surface area contributed by atoms with Crippen molar-refractivity contribution in [1.82, 2.24) is 0 Å². The molecular weight excluding hydrogens is 242 g/mol. The molecule has 0 N–H and O–H groups in total. The van der Waals surface area contributed by atoms with Crippen LogP contribution in [0.2, 0.25) is 0 Å². The second-order valence-electron chi connectivity index (χ2n) is 3.10. The molecule has 2 rings (SSSR count). The summed E-state index contributed by atoms with van der Waals surface area (Å²) in [7, 11) is 0. The molecule has 86 valence electrons. The largest absolute Gasteiger partial charge is 0.412 e. The summed E-state index contributed by atoms with van der Waals surface area (Å²) < 4.78 is 5.01. The third kappa shape index (κ3) is 2.48. The Balaban J connectivity index is 2.28. The number of rotatable bonds is 3. The summed E-state index contributed by atoms with van der Waals surface area (Å²) in [6.45, 7) is 0. The summed E-state index contributed by atoms with van der Waals surface area (Å²) in [5.74, 6) is -0.722. The molecule has 0 aliphatic heterocycles. The molecule has 5 nitrogen and oxygen atoms in total. The van der Waals surface area contributed by atoms with E-state index in [9.17, 15) is 14.9 Å². The molecule has 17 heavy (non-hydrogen) atoms. The third-order valence-electron chi connectivity index (χ3n) is 2.01. The highest BCUT2D eigenvalue weighted by molar-refractivity contribution is 7.11. The number of benzene rings is 1. The van der Waals surface area contributed by atoms with Gasteiger partial charge in [0.25, 0.3) is 5.69 Å². The van der Waals surface area contributed by atoms with Crippen LogP contribution >= 0.6 is 11.3 Å². The number of thiophene rings is 1. The number of nitro benzene ring substituents is 1. The summed E-state index contributed by atoms with van der Waals surface area (Å²) in [4.78, 5) is 21.8. The van der Waals surface area contributed by atoms with Gasteiger partial charge in [-0.15, -0.1) is 11.3 Å². The van der Waals surface area contributed by atoms with Crippen LogP contribution in [-0.4, -0.2) is 10.9 Å². The molecule has 0 unspecified atom stereocenters. The highest BCUT2D eigenvalue weighted by Gasteiger charge is 2.21. The van der Waals surface area contributed by atoms with E-state index in [-0.39, 0.29) is 11.3 Å². The molecule has 0 saturated heterocycles. The molecule has 1 aromatic heterocycles. The van der Waals surface area contributed by atoms with Crippen LogP contribution < -0.4 is 4.74 Å². The number of para-hydroxylation sites is 1. The monoisotopic (exact) mass is 249 g/mol. The van der Waals surface area contributed by atoms with Gasteiger partial charge in [0.2, 0.25) is 0 Å². The van der Waals surface area contributed by atoms with Gasteiger partial charge in [0.05, 0.1) is 4.92 Å². The van der Waals surface area contributed by atoms with Crippen molar-refractivity contribution in [3.05, 3.63) is 57.5 Å². The van der Waals surface area contributed by atoms with Gasteiger partial charge in [-0.2, -0.15) is 0 Å². The highest BCUT2D eigenvalue weighted by Crippen LogP contribution is 2.23. The number of nitrogens with zero attached hydrogens (tertiary/aromatic N) is 1. The zero-order valence-electron chi connectivity index (χ0n) is 8.53. The number of esters is 1. The first-order valence-corrected chi connectivity index (χ1v) is 5.55. The van der Waals surface area contributed by atoms with Gasteiger partial charge in [-0.25, -0.2) is 4.79 Å². The van der Waals surface area contributed by atoms with Gasteiger partial charge < -0.3 is 4.74 Å². The van der Waals surface area contributed by atoms with E-state index in [1.165, 1.54) is 29.5 Å². The average molecular weight is 249 g/mol. The Morgan fingerprint density at radius 3 is 2.65 bits per heavy atom. The van der Waals surface area contributed by atoms with Crippen molar-refractivity contribution in [3.8, 4) is 5.06 Å². The number of carbonyl (C=O) groups is 1. The molecule has 0 aliphatic carbocycles. The Hall–Kier alpha value is -2.21. The number of hydrogen-bond acceptors (Lipinski definition) is 5. The smallest absolute Gasteiger partial charge is 0.351 e. The van der Waals surface area contributed by atoms with Crippen LogP contribution in [0.1, 0.15) is 10.4 Å². The van der Waals surface area contributed by atoms with Gasteiger partial charge in [0.15, 0.2) is 5.06 Å². The van der Waals surface area contributed by atoms with Crippen LogP contribution in [0.5, 0.6) is 5.06 Å². The fraction of sp³-hybridized carbons (Fsp3) is 0. The summed E-state index contributed by atoms with van der Waals surface area (Å²) in [6.07, 6.45) is 0. The predicted octanol–water partition coefficient (Wildman–Crippen LogP) is 2.88. The lowest BCUT2D eigenvalue weighted by molar-refractivity contribution is -0.385. The van der Waals surface area contributed by atoms with Crippen molar-refractivity contribution < 1.29 is 14.5 Å². The molecule has 0 amide bonds. The molecule has 0 saturated carbocycles. The summed E-state index contributed by atoms with van der Waals surface area (Å²) in [5, 5.41) is 12.9. The number of ether oxygens (including phenoxy) is 1. The van der Waals surface area contributed by atoms with E-state index in [2.05, 4.69) is 0 Å². The number of hydrogen-bond donors (Lipinski definition) is 0. The first kappa shape index (κ1) is 11.3. The summed E-state index contributed by atoms with van der Waals surface area (Å²) in [6, 6.07) is 9.04. The second-order valence-corrected chi connectivity index (χ2v) is 4.01. The van der Waals surface area contributed by atoms with E-state index >= 15 is 0 Å². The van der Waals surface area contributed by atoms with Crippen molar-refractivity contribution in [1.29, 1.82) is 0 Å². The fourth-order valence-electron chi connectivity index (χ4n) is 1.27. The molecule has 0 aliphatic rings. The van der Waals surface area contributed by atoms with Crippen LogP contribution in [0.15, 0.2) is 41.8 Å². The molecule has 0 fully saturated rings. The molecule has 1 heterocycles. The lowest BCUT2D eigenvalue weighted by Gasteiger charge is -2.01. The first-order chi connectivity index (χ1) is 8.18. The maximum Gasteiger partial charge on any atom is 0.351 e. The van der Waals surface area contributed by atoms with Crippen molar-refractivity contribution >= 4 is 23.0 Å². The van der Waals surface area contributed by atoms with E-state index in [1.807, 2.05) is 0 Å². The molecule has 6 heteroatoms. The van der Waals surface area contributed by atoms with Crippen LogP contribution in [0.3, 0.4) is 0 Å². The standard InChI is InChI=1S/C11H7NO4S/c13-11(16-10-6-3-7-17-10)8-4-1-2-5-9(8)12(14)15/h1-7H. The quantitative estimate of drug-likeness (QED) is 0.476. The second kappa shape index (κ2) is 4.75. The van der Waals surface area contributed by atoms with Gasteiger partial charge in [0, 0.05) is 6.07 Å². The van der Waals surface area contributed by atoms with Crippen molar-refractivity contribution in [3.63, 3.8) is 0 Å². The van der Waals surface area contributed by atoms with E-state index in [1.54, 1.807) is 23.6 Å². The zero-order chi connectivity index (χ0) is 12.3. The Morgan fingerprint density at radius 1 is 1.24 bits per heavy atom. The van der Waals surface area contributed by atoms with E-state index in [0.29, 0.717) is 5.06 Å². The van der Waals surface area contributed by atoms with Crippen LogP contribution in [0, 0.1) is 10.1 Å². The lowest BCUT2D eigenvalue weighted by Crippen LogP contribution is -2.10. The molecule has 0 bridgehead atoms. The fourth-order valence-corrected chi connectivity index (χ4v) is 1.85. The molecule has 0 atom stereocenters. The van der Waals surface area contributed by atoms with E-state index in [0.717, 1.165) is 0 Å². The lowest BCUT2D eigenvalue weighted by atomic mass is 10.2. The Kier molecular flexibility index (Phi) is 3.15. The maximum atomic E-state index is 11.7. The average Bonchev–Trinajstić information content (AvgIpc) is 2.81. The maximum absolute atomic E-state index is 11.7. The van der Waals surface area contributed by atoms with Crippen molar-refractivity contribution in [2.75, 3.05) is 0 Å². The minimum atomic E-state index is -0.722. The predicted molar refractivity (Wildman–Crippen MR) is 62.4 cm³/mol. The molecule has 1 aromatic carbocycles. The molecule has 0 spiro atoms. The normalized spacial score (nSPS) is 9.88. The van der Waals surface area contributed by atoms with Crippen molar-refractivity contribution in [2.24, 2.45) is 0 Å². The van der Waals surface area contributed by atoms with Gasteiger partial charge in [-0.1, -0.05) is 12.1 Å². The SMILES string of the molecule is O=C(Oc1cccs1)c1ccccc1[N+](=O)[O-]. The van der Waals surface area contributed by atoms with E-state index < -0.39 is 10.9 Å². The van der Waals surface area contributed by atoms with E-state index in [4.69, 9.17) is 4.74 Å². The summed E-state index contributed by atoms with van der Waals surface area (Å²) >= 11 is 1.25. The van der Waals surface area contributed by atoms with Gasteiger partial charge in [-0.3, -0.25) is 10.1 Å². The van der Waals surface area contributed by atoms with Crippen LogP contribution in [0.25, 0.3) is 0 Å². The van der Waals surface area contributed by atoms with Gasteiger partial charge in [0.1, 0.15) is 5.56 Å². The first-order valence-electron chi connectivity index (χ1n) is 4.67. The van der Waals surface area contributed by atoms with Crippen molar-refractivity contribution in [2.45, 2.75) is 0 Å². The topological polar surface area (TPSA) is 69.4 Å². The Morgan fingerprint density at radius 2 is 2.00 bits per heavy atom. The minimum absolute atomic E-state index is 0.0501. The van der Waals surface area contributed by atoms with Crippen LogP contribution in [-0.2, 0) is 0 Å². The Labute approximate surface area is 100 Å². The summed E-state index contributed by atoms with van der Waals surface area (Å²) in [5.41, 5.74) is -0.306. The highest BCUT2D eigenvalue weighted by atomic mass is 32.1. The van der Waals surface area contributed by atoms with Crippen LogP contribution in [0.4, 0.5) is 5.69 Å². The van der Waals surface area contributed by atoms with Gasteiger partial charge in [-0.05, 0) is 23.6 Å². The molecule has 2 aromatic rings. The minimum Gasteiger partial charge on any atom is -0.412 e. The molecule has 0 radical (unpaired) electrons.